The monoisotopic (exact) mass is 385 g/mol. The molecule has 142 valence electrons. The fraction of sp³-hybridized carbons (Fsp3) is 0.400. The molecule has 4 rings (SSSR count). The van der Waals surface area contributed by atoms with Crippen molar-refractivity contribution in [1.82, 2.24) is 15.0 Å². The molecule has 1 aliphatic rings. The van der Waals surface area contributed by atoms with E-state index in [9.17, 15) is 4.79 Å². The number of rotatable bonds is 5. The highest BCUT2D eigenvalue weighted by Crippen LogP contribution is 2.31. The van der Waals surface area contributed by atoms with Gasteiger partial charge in [-0.2, -0.15) is 0 Å². The van der Waals surface area contributed by atoms with Gasteiger partial charge in [-0.3, -0.25) is 9.69 Å². The van der Waals surface area contributed by atoms with E-state index in [-0.39, 0.29) is 5.91 Å². The normalized spacial score (nSPS) is 14.3. The van der Waals surface area contributed by atoms with Crippen LogP contribution in [-0.2, 0) is 26.1 Å². The Morgan fingerprint density at radius 3 is 2.96 bits per heavy atom. The molecule has 0 N–H and O–H groups in total. The lowest BCUT2D eigenvalue weighted by molar-refractivity contribution is 0.0783. The highest BCUT2D eigenvalue weighted by molar-refractivity contribution is 7.10. The largest absolute Gasteiger partial charge is 0.472 e. The maximum absolute atomic E-state index is 12.9. The Morgan fingerprint density at radius 2 is 2.26 bits per heavy atom. The number of carbonyl (C=O) groups is 1. The Balaban J connectivity index is 1.46. The minimum Gasteiger partial charge on any atom is -0.472 e. The van der Waals surface area contributed by atoms with Crippen molar-refractivity contribution in [2.24, 2.45) is 0 Å². The first kappa shape index (κ1) is 18.0. The van der Waals surface area contributed by atoms with Crippen LogP contribution in [0.5, 0.6) is 0 Å². The molecule has 0 aromatic carbocycles. The van der Waals surface area contributed by atoms with Crippen molar-refractivity contribution in [3.8, 4) is 0 Å². The molecule has 0 radical (unpaired) electrons. The standard InChI is InChI=1S/C20H23N3O3S/c1-13-17(14(2)26-21-13)9-23-6-4-16-18(12-27-19(16)10-23)20(24)22(3)8-15-5-7-25-11-15/h5,7,11-12H,4,6,8-10H2,1-3H3. The second-order valence-electron chi connectivity index (χ2n) is 7.11. The van der Waals surface area contributed by atoms with Gasteiger partial charge in [0.05, 0.1) is 23.8 Å². The van der Waals surface area contributed by atoms with Crippen LogP contribution in [0.4, 0.5) is 0 Å². The number of thiophene rings is 1. The summed E-state index contributed by atoms with van der Waals surface area (Å²) in [7, 11) is 1.84. The van der Waals surface area contributed by atoms with E-state index in [1.54, 1.807) is 28.8 Å². The summed E-state index contributed by atoms with van der Waals surface area (Å²) in [6.45, 7) is 7.13. The lowest BCUT2D eigenvalue weighted by atomic mass is 10.0. The molecule has 6 nitrogen and oxygen atoms in total. The average Bonchev–Trinajstić information content (AvgIpc) is 3.38. The number of hydrogen-bond acceptors (Lipinski definition) is 6. The van der Waals surface area contributed by atoms with E-state index < -0.39 is 0 Å². The summed E-state index contributed by atoms with van der Waals surface area (Å²) in [6, 6.07) is 1.89. The third-order valence-corrected chi connectivity index (χ3v) is 6.18. The smallest absolute Gasteiger partial charge is 0.255 e. The number of aryl methyl sites for hydroxylation is 2. The zero-order valence-electron chi connectivity index (χ0n) is 15.8. The predicted molar refractivity (Wildman–Crippen MR) is 103 cm³/mol. The van der Waals surface area contributed by atoms with Gasteiger partial charge in [0.2, 0.25) is 0 Å². The average molecular weight is 385 g/mol. The molecule has 1 aliphatic heterocycles. The van der Waals surface area contributed by atoms with Gasteiger partial charge in [0.25, 0.3) is 5.91 Å². The number of nitrogens with zero attached hydrogens (tertiary/aromatic N) is 3. The van der Waals surface area contributed by atoms with Gasteiger partial charge in [0.1, 0.15) is 5.76 Å². The molecule has 1 amide bonds. The number of fused-ring (bicyclic) bond motifs is 1. The van der Waals surface area contributed by atoms with Gasteiger partial charge in [0.15, 0.2) is 0 Å². The van der Waals surface area contributed by atoms with E-state index in [1.807, 2.05) is 32.3 Å². The van der Waals surface area contributed by atoms with Gasteiger partial charge in [-0.1, -0.05) is 5.16 Å². The van der Waals surface area contributed by atoms with Crippen LogP contribution in [0.15, 0.2) is 32.9 Å². The fourth-order valence-corrected chi connectivity index (χ4v) is 4.70. The number of furan rings is 1. The Labute approximate surface area is 162 Å². The summed E-state index contributed by atoms with van der Waals surface area (Å²) in [6.07, 6.45) is 4.20. The van der Waals surface area contributed by atoms with Crippen LogP contribution in [0.3, 0.4) is 0 Å². The third kappa shape index (κ3) is 3.57. The highest BCUT2D eigenvalue weighted by Gasteiger charge is 2.26. The summed E-state index contributed by atoms with van der Waals surface area (Å²) in [4.78, 5) is 18.3. The van der Waals surface area contributed by atoms with Crippen molar-refractivity contribution in [1.29, 1.82) is 0 Å². The molecule has 0 bridgehead atoms. The van der Waals surface area contributed by atoms with Crippen LogP contribution in [0, 0.1) is 13.8 Å². The Kier molecular flexibility index (Phi) is 4.88. The molecular weight excluding hydrogens is 362 g/mol. The summed E-state index contributed by atoms with van der Waals surface area (Å²) in [5.41, 5.74) is 5.19. The zero-order valence-corrected chi connectivity index (χ0v) is 16.6. The van der Waals surface area contributed by atoms with E-state index in [1.165, 1.54) is 16.0 Å². The molecule has 0 saturated heterocycles. The van der Waals surface area contributed by atoms with Gasteiger partial charge in [-0.05, 0) is 31.9 Å². The molecule has 3 aromatic heterocycles. The Hall–Kier alpha value is -2.38. The molecule has 0 fully saturated rings. The lowest BCUT2D eigenvalue weighted by Crippen LogP contribution is -2.31. The Bertz CT molecular complexity index is 922. The van der Waals surface area contributed by atoms with Crippen LogP contribution in [-0.4, -0.2) is 34.5 Å². The van der Waals surface area contributed by atoms with Crippen LogP contribution in [0.1, 0.15) is 43.4 Å². The molecule has 27 heavy (non-hydrogen) atoms. The van der Waals surface area contributed by atoms with E-state index in [4.69, 9.17) is 8.94 Å². The van der Waals surface area contributed by atoms with Crippen LogP contribution in [0.2, 0.25) is 0 Å². The summed E-state index contributed by atoms with van der Waals surface area (Å²) >= 11 is 1.68. The first-order valence-corrected chi connectivity index (χ1v) is 9.90. The molecule has 0 unspecified atom stereocenters. The minimum atomic E-state index is 0.0767. The molecule has 0 atom stereocenters. The number of amides is 1. The van der Waals surface area contributed by atoms with Crippen molar-refractivity contribution < 1.29 is 13.7 Å². The minimum absolute atomic E-state index is 0.0767. The first-order valence-electron chi connectivity index (χ1n) is 9.02. The second-order valence-corrected chi connectivity index (χ2v) is 8.07. The zero-order chi connectivity index (χ0) is 19.0. The molecule has 0 spiro atoms. The quantitative estimate of drug-likeness (QED) is 0.669. The van der Waals surface area contributed by atoms with Crippen molar-refractivity contribution in [3.63, 3.8) is 0 Å². The van der Waals surface area contributed by atoms with E-state index in [2.05, 4.69) is 10.1 Å². The molecule has 4 heterocycles. The van der Waals surface area contributed by atoms with Crippen LogP contribution < -0.4 is 0 Å². The lowest BCUT2D eigenvalue weighted by Gasteiger charge is -2.27. The van der Waals surface area contributed by atoms with Gasteiger partial charge >= 0.3 is 0 Å². The third-order valence-electron chi connectivity index (χ3n) is 5.17. The topological polar surface area (TPSA) is 62.7 Å². The van der Waals surface area contributed by atoms with Crippen molar-refractivity contribution in [2.75, 3.05) is 13.6 Å². The van der Waals surface area contributed by atoms with Gasteiger partial charge in [-0.15, -0.1) is 11.3 Å². The maximum Gasteiger partial charge on any atom is 0.255 e. The Morgan fingerprint density at radius 1 is 1.41 bits per heavy atom. The summed E-state index contributed by atoms with van der Waals surface area (Å²) < 4.78 is 10.4. The summed E-state index contributed by atoms with van der Waals surface area (Å²) in [5, 5.41) is 6.06. The van der Waals surface area contributed by atoms with Gasteiger partial charge in [0, 0.05) is 54.6 Å². The maximum atomic E-state index is 12.9. The van der Waals surface area contributed by atoms with Crippen molar-refractivity contribution >= 4 is 17.2 Å². The first-order chi connectivity index (χ1) is 13.0. The van der Waals surface area contributed by atoms with Crippen LogP contribution in [0.25, 0.3) is 0 Å². The SMILES string of the molecule is Cc1noc(C)c1CN1CCc2c(C(=O)N(C)Cc3ccoc3)csc2C1. The molecule has 7 heteroatoms. The van der Waals surface area contributed by atoms with E-state index in [0.717, 1.165) is 48.6 Å². The predicted octanol–water partition coefficient (Wildman–Crippen LogP) is 3.78. The molecule has 3 aromatic rings. The fourth-order valence-electron chi connectivity index (χ4n) is 3.58. The van der Waals surface area contributed by atoms with Crippen LogP contribution >= 0.6 is 11.3 Å². The molecular formula is C20H23N3O3S. The van der Waals surface area contributed by atoms with E-state index in [0.29, 0.717) is 6.54 Å². The van der Waals surface area contributed by atoms with Crippen molar-refractivity contribution in [3.05, 3.63) is 62.6 Å². The second kappa shape index (κ2) is 7.32. The number of carbonyl (C=O) groups excluding carboxylic acids is 1. The molecule has 0 saturated carbocycles. The molecule has 0 aliphatic carbocycles. The number of hydrogen-bond donors (Lipinski definition) is 0. The van der Waals surface area contributed by atoms with Gasteiger partial charge < -0.3 is 13.8 Å². The van der Waals surface area contributed by atoms with Crippen molar-refractivity contribution in [2.45, 2.75) is 39.9 Å². The van der Waals surface area contributed by atoms with Gasteiger partial charge in [-0.25, -0.2) is 0 Å². The number of aromatic nitrogens is 1. The highest BCUT2D eigenvalue weighted by atomic mass is 32.1. The van der Waals surface area contributed by atoms with E-state index >= 15 is 0 Å². The summed E-state index contributed by atoms with van der Waals surface area (Å²) in [5.74, 6) is 0.967.